The van der Waals surface area contributed by atoms with Gasteiger partial charge in [-0.1, -0.05) is 190 Å². The third-order valence-electron chi connectivity index (χ3n) is 13.8. The fraction of sp³-hybridized carbons (Fsp3) is 0.942. The maximum absolute atomic E-state index is 13.2. The number of unbranched alkanes of at least 4 members (excludes halogenated alkanes) is 18. The quantitative estimate of drug-likeness (QED) is 0.0456. The molecule has 0 aliphatic rings. The van der Waals surface area contributed by atoms with Crippen LogP contribution in [0.4, 0.5) is 4.79 Å². The van der Waals surface area contributed by atoms with Crippen molar-refractivity contribution in [3.8, 4) is 0 Å². The predicted molar refractivity (Wildman–Crippen MR) is 257 cm³/mol. The van der Waals surface area contributed by atoms with Crippen molar-refractivity contribution in [1.82, 2.24) is 9.80 Å². The molecule has 0 heterocycles. The molecule has 9 heteroatoms. The van der Waals surface area contributed by atoms with E-state index in [9.17, 15) is 24.6 Å². The zero-order chi connectivity index (χ0) is 45.5. The molecule has 0 saturated heterocycles. The highest BCUT2D eigenvalue weighted by atomic mass is 16.7. The molecule has 0 spiro atoms. The van der Waals surface area contributed by atoms with E-state index in [0.29, 0.717) is 32.2 Å². The topological polar surface area (TPSA) is 117 Å². The van der Waals surface area contributed by atoms with Gasteiger partial charge < -0.3 is 24.6 Å². The highest BCUT2D eigenvalue weighted by Gasteiger charge is 2.38. The maximum Gasteiger partial charge on any atom is 0.508 e. The van der Waals surface area contributed by atoms with Crippen molar-refractivity contribution in [2.45, 2.75) is 260 Å². The number of aliphatic carboxylic acids is 2. The number of carboxylic acid groups (broad SMARTS) is 2. The van der Waals surface area contributed by atoms with Crippen LogP contribution in [0.5, 0.6) is 0 Å². The van der Waals surface area contributed by atoms with Crippen molar-refractivity contribution in [2.24, 2.45) is 10.8 Å². The van der Waals surface area contributed by atoms with Crippen molar-refractivity contribution >= 4 is 18.1 Å². The maximum atomic E-state index is 13.2. The first-order valence-electron chi connectivity index (χ1n) is 26.3. The molecule has 2 N–H and O–H groups in total. The fourth-order valence-corrected chi connectivity index (χ4v) is 9.27. The Kier molecular flexibility index (Phi) is 38.5. The molecule has 0 radical (unpaired) electrons. The van der Waals surface area contributed by atoms with Crippen molar-refractivity contribution in [2.75, 3.05) is 45.9 Å². The minimum absolute atomic E-state index is 0.271. The third kappa shape index (κ3) is 29.2. The first-order valence-corrected chi connectivity index (χ1v) is 26.3. The number of likely N-dealkylation sites (N-methyl/N-ethyl adjacent to an activating group) is 2. The van der Waals surface area contributed by atoms with Gasteiger partial charge in [0.05, 0.1) is 10.8 Å². The van der Waals surface area contributed by atoms with Crippen LogP contribution in [-0.2, 0) is 19.1 Å². The zero-order valence-corrected chi connectivity index (χ0v) is 41.5. The smallest absolute Gasteiger partial charge is 0.481 e. The Morgan fingerprint density at radius 3 is 1.08 bits per heavy atom. The first-order chi connectivity index (χ1) is 29.5. The van der Waals surface area contributed by atoms with Gasteiger partial charge in [0.25, 0.3) is 0 Å². The molecule has 0 aromatic rings. The average Bonchev–Trinajstić information content (AvgIpc) is 3.25. The van der Waals surface area contributed by atoms with Gasteiger partial charge in [0.15, 0.2) is 0 Å². The molecule has 2 unspecified atom stereocenters. The van der Waals surface area contributed by atoms with Crippen LogP contribution >= 0.6 is 0 Å². The zero-order valence-electron chi connectivity index (χ0n) is 41.5. The van der Waals surface area contributed by atoms with E-state index in [2.05, 4.69) is 58.3 Å². The molecule has 9 nitrogen and oxygen atoms in total. The molecular formula is C52H102N2O7. The Bertz CT molecular complexity index is 981. The van der Waals surface area contributed by atoms with Crippen LogP contribution < -0.4 is 0 Å². The lowest BCUT2D eigenvalue weighted by atomic mass is 9.73. The van der Waals surface area contributed by atoms with Crippen molar-refractivity contribution in [3.05, 3.63) is 0 Å². The van der Waals surface area contributed by atoms with Gasteiger partial charge in [-0.15, -0.1) is 0 Å². The van der Waals surface area contributed by atoms with E-state index in [1.54, 1.807) is 0 Å². The summed E-state index contributed by atoms with van der Waals surface area (Å²) in [6.07, 6.45) is 30.1. The summed E-state index contributed by atoms with van der Waals surface area (Å²) < 4.78 is 11.7. The van der Waals surface area contributed by atoms with Crippen LogP contribution in [0.2, 0.25) is 0 Å². The van der Waals surface area contributed by atoms with Crippen LogP contribution in [0.3, 0.4) is 0 Å². The van der Waals surface area contributed by atoms with Crippen LogP contribution in [0.15, 0.2) is 0 Å². The first kappa shape index (κ1) is 59.1. The average molecular weight is 867 g/mol. The Morgan fingerprint density at radius 1 is 0.426 bits per heavy atom. The molecule has 0 saturated carbocycles. The number of rotatable bonds is 46. The summed E-state index contributed by atoms with van der Waals surface area (Å²) in [5.74, 6) is -1.30. The summed E-state index contributed by atoms with van der Waals surface area (Å²) in [4.78, 5) is 43.9. The summed E-state index contributed by atoms with van der Waals surface area (Å²) >= 11 is 0. The van der Waals surface area contributed by atoms with E-state index < -0.39 is 28.9 Å². The van der Waals surface area contributed by atoms with E-state index in [4.69, 9.17) is 9.47 Å². The Hall–Kier alpha value is -1.87. The number of carboxylic acids is 2. The molecule has 0 fully saturated rings. The second kappa shape index (κ2) is 39.7. The van der Waals surface area contributed by atoms with Crippen molar-refractivity contribution in [1.29, 1.82) is 0 Å². The third-order valence-corrected chi connectivity index (χ3v) is 13.8. The van der Waals surface area contributed by atoms with Gasteiger partial charge >= 0.3 is 18.1 Å². The van der Waals surface area contributed by atoms with Crippen molar-refractivity contribution < 1.29 is 34.1 Å². The molecule has 0 amide bonds. The number of hydrogen-bond acceptors (Lipinski definition) is 7. The second-order valence-corrected chi connectivity index (χ2v) is 18.6. The molecule has 61 heavy (non-hydrogen) atoms. The highest BCUT2D eigenvalue weighted by Crippen LogP contribution is 2.40. The summed E-state index contributed by atoms with van der Waals surface area (Å²) in [5, 5.41) is 21.3. The SMILES string of the molecule is CCCCCCCCC(CCCCCC)(CCCCC(CCCCC(CCCCCC)(CCCCCCCC)C(=O)O)OC(=O)OCCN(CC)CCN(CC)CC)C(=O)O. The van der Waals surface area contributed by atoms with Crippen molar-refractivity contribution in [3.63, 3.8) is 0 Å². The Labute approximate surface area is 377 Å². The van der Waals surface area contributed by atoms with Gasteiger partial charge in [0.2, 0.25) is 0 Å². The van der Waals surface area contributed by atoms with Crippen LogP contribution in [-0.4, -0.2) is 90.1 Å². The van der Waals surface area contributed by atoms with Gasteiger partial charge in [0, 0.05) is 19.6 Å². The van der Waals surface area contributed by atoms with Gasteiger partial charge in [-0.3, -0.25) is 14.5 Å². The van der Waals surface area contributed by atoms with E-state index in [1.807, 2.05) is 0 Å². The number of nitrogens with zero attached hydrogens (tertiary/aromatic N) is 2. The molecule has 362 valence electrons. The predicted octanol–water partition coefficient (Wildman–Crippen LogP) is 14.9. The lowest BCUT2D eigenvalue weighted by Crippen LogP contribution is -2.37. The molecule has 0 aliphatic carbocycles. The molecule has 0 aliphatic heterocycles. The molecule has 0 aromatic carbocycles. The standard InChI is InChI=1S/C52H102N2O7/c1-8-15-19-23-25-31-39-51(48(55)56,37-29-21-17-10-3)41-33-27-35-47(61-50(59)60-46-45-54(14-7)44-43-53(12-5)13-6)36-28-34-42-52(49(57)58,38-30-22-18-11-4)40-32-26-24-20-16-9-2/h47H,8-46H2,1-7H3,(H,55,56)(H,57,58). The van der Waals surface area contributed by atoms with Gasteiger partial charge in [0.1, 0.15) is 12.7 Å². The number of ether oxygens (including phenoxy) is 2. The second-order valence-electron chi connectivity index (χ2n) is 18.6. The number of carbonyl (C=O) groups is 3. The lowest BCUT2D eigenvalue weighted by Gasteiger charge is -2.31. The van der Waals surface area contributed by atoms with E-state index >= 15 is 0 Å². The highest BCUT2D eigenvalue weighted by molar-refractivity contribution is 5.75. The number of hydrogen-bond donors (Lipinski definition) is 2. The fourth-order valence-electron chi connectivity index (χ4n) is 9.27. The molecule has 2 atom stereocenters. The van der Waals surface area contributed by atoms with Gasteiger partial charge in [-0.05, 0) is 83.8 Å². The van der Waals surface area contributed by atoms with Crippen LogP contribution in [0.25, 0.3) is 0 Å². The molecular weight excluding hydrogens is 765 g/mol. The van der Waals surface area contributed by atoms with Crippen LogP contribution in [0, 0.1) is 10.8 Å². The summed E-state index contributed by atoms with van der Waals surface area (Å²) in [5.41, 5.74) is -1.39. The number of carbonyl (C=O) groups excluding carboxylic acids is 1. The largest absolute Gasteiger partial charge is 0.508 e. The van der Waals surface area contributed by atoms with Crippen LogP contribution in [0.1, 0.15) is 254 Å². The molecule has 0 bridgehead atoms. The normalized spacial score (nSPS) is 14.2. The summed E-state index contributed by atoms with van der Waals surface area (Å²) in [6.45, 7) is 21.1. The lowest BCUT2D eigenvalue weighted by molar-refractivity contribution is -0.151. The van der Waals surface area contributed by atoms with E-state index in [1.165, 1.54) is 51.4 Å². The Balaban J connectivity index is 5.82. The molecule has 0 rings (SSSR count). The van der Waals surface area contributed by atoms with Gasteiger partial charge in [-0.2, -0.15) is 0 Å². The Morgan fingerprint density at radius 2 is 0.738 bits per heavy atom. The minimum atomic E-state index is -0.697. The summed E-state index contributed by atoms with van der Waals surface area (Å²) in [7, 11) is 0. The molecule has 0 aromatic heterocycles. The van der Waals surface area contributed by atoms with E-state index in [-0.39, 0.29) is 12.7 Å². The van der Waals surface area contributed by atoms with Gasteiger partial charge in [-0.25, -0.2) is 4.79 Å². The van der Waals surface area contributed by atoms with E-state index in [0.717, 1.165) is 161 Å². The summed E-state index contributed by atoms with van der Waals surface area (Å²) in [6, 6.07) is 0. The monoisotopic (exact) mass is 867 g/mol. The minimum Gasteiger partial charge on any atom is -0.481 e.